The van der Waals surface area contributed by atoms with Gasteiger partial charge in [-0.1, -0.05) is 0 Å². The van der Waals surface area contributed by atoms with Gasteiger partial charge in [0, 0.05) is 18.3 Å². The molecule has 2 aliphatic rings. The molecule has 5 rings (SSSR count). The highest BCUT2D eigenvalue weighted by Crippen LogP contribution is 2.30. The zero-order valence-corrected chi connectivity index (χ0v) is 15.3. The number of aryl methyl sites for hydroxylation is 2. The molecule has 0 saturated heterocycles. The predicted molar refractivity (Wildman–Crippen MR) is 104 cm³/mol. The molecule has 1 fully saturated rings. The number of nitrogens with one attached hydrogen (secondary N) is 2. The Morgan fingerprint density at radius 2 is 1.96 bits per heavy atom. The van der Waals surface area contributed by atoms with Gasteiger partial charge in [-0.25, -0.2) is 14.6 Å². The Morgan fingerprint density at radius 1 is 1.11 bits per heavy atom. The van der Waals surface area contributed by atoms with Crippen LogP contribution in [0.5, 0.6) is 0 Å². The molecule has 3 aromatic heterocycles. The summed E-state index contributed by atoms with van der Waals surface area (Å²) in [6.45, 7) is 0. The molecule has 3 aromatic rings. The number of fused-ring (bicyclic) bond motifs is 2. The molecule has 3 heterocycles. The van der Waals surface area contributed by atoms with Gasteiger partial charge in [0.1, 0.15) is 17.8 Å². The zero-order valence-electron chi connectivity index (χ0n) is 15.3. The van der Waals surface area contributed by atoms with Crippen molar-refractivity contribution in [2.24, 2.45) is 0 Å². The van der Waals surface area contributed by atoms with Crippen LogP contribution in [-0.4, -0.2) is 30.8 Å². The van der Waals surface area contributed by atoms with E-state index in [9.17, 15) is 4.79 Å². The first kappa shape index (κ1) is 16.5. The summed E-state index contributed by atoms with van der Waals surface area (Å²) >= 11 is 0. The lowest BCUT2D eigenvalue weighted by Gasteiger charge is -2.30. The van der Waals surface area contributed by atoms with E-state index in [4.69, 9.17) is 5.10 Å². The molecular formula is C20H24N6O. The summed E-state index contributed by atoms with van der Waals surface area (Å²) < 4.78 is 1.76. The van der Waals surface area contributed by atoms with Gasteiger partial charge in [-0.15, -0.1) is 0 Å². The van der Waals surface area contributed by atoms with E-state index in [2.05, 4.69) is 20.3 Å². The van der Waals surface area contributed by atoms with E-state index >= 15 is 0 Å². The van der Waals surface area contributed by atoms with Crippen LogP contribution in [0.2, 0.25) is 0 Å². The van der Waals surface area contributed by atoms with Gasteiger partial charge in [-0.3, -0.25) is 4.79 Å². The van der Waals surface area contributed by atoms with Crippen molar-refractivity contribution in [3.8, 4) is 0 Å². The third-order valence-corrected chi connectivity index (χ3v) is 5.97. The maximum atomic E-state index is 12.5. The van der Waals surface area contributed by atoms with Crippen LogP contribution in [0.25, 0.3) is 11.0 Å². The molecule has 2 N–H and O–H groups in total. The van der Waals surface area contributed by atoms with E-state index in [1.807, 2.05) is 18.3 Å². The number of hydrogen-bond donors (Lipinski definition) is 2. The van der Waals surface area contributed by atoms with E-state index in [1.165, 1.54) is 12.8 Å². The lowest BCUT2D eigenvalue weighted by Crippen LogP contribution is -2.34. The summed E-state index contributed by atoms with van der Waals surface area (Å²) in [4.78, 5) is 24.3. The molecule has 2 aliphatic carbocycles. The maximum Gasteiger partial charge on any atom is 0.267 e. The SMILES string of the molecule is O=c1cc2c(nn1C1CCC(Nc3ncnc4[nH]ccc34)CC1)CCCC2. The minimum Gasteiger partial charge on any atom is -0.367 e. The van der Waals surface area contributed by atoms with Crippen molar-refractivity contribution in [2.45, 2.75) is 63.5 Å². The number of rotatable bonds is 3. The van der Waals surface area contributed by atoms with Crippen molar-refractivity contribution in [3.05, 3.63) is 46.3 Å². The topological polar surface area (TPSA) is 88.5 Å². The smallest absolute Gasteiger partial charge is 0.267 e. The van der Waals surface area contributed by atoms with Crippen molar-refractivity contribution in [3.63, 3.8) is 0 Å². The van der Waals surface area contributed by atoms with Crippen molar-refractivity contribution in [1.82, 2.24) is 24.7 Å². The Hall–Kier alpha value is -2.70. The molecule has 0 spiro atoms. The summed E-state index contributed by atoms with van der Waals surface area (Å²) in [6, 6.07) is 4.40. The minimum absolute atomic E-state index is 0.0666. The first-order valence-electron chi connectivity index (χ1n) is 9.94. The summed E-state index contributed by atoms with van der Waals surface area (Å²) in [5.41, 5.74) is 3.22. The minimum atomic E-state index is 0.0666. The Labute approximate surface area is 157 Å². The molecule has 0 atom stereocenters. The van der Waals surface area contributed by atoms with Crippen LogP contribution in [-0.2, 0) is 12.8 Å². The second kappa shape index (κ2) is 6.79. The quantitative estimate of drug-likeness (QED) is 0.746. The fourth-order valence-electron chi connectivity index (χ4n) is 4.48. The summed E-state index contributed by atoms with van der Waals surface area (Å²) in [7, 11) is 0. The molecular weight excluding hydrogens is 340 g/mol. The first-order chi connectivity index (χ1) is 13.3. The van der Waals surface area contributed by atoms with Gasteiger partial charge < -0.3 is 10.3 Å². The van der Waals surface area contributed by atoms with Crippen molar-refractivity contribution >= 4 is 16.9 Å². The second-order valence-electron chi connectivity index (χ2n) is 7.72. The summed E-state index contributed by atoms with van der Waals surface area (Å²) in [6.07, 6.45) is 11.8. The standard InChI is InChI=1S/C20H24N6O/c27-18-11-13-3-1-2-4-17(13)25-26(18)15-7-5-14(6-8-15)24-20-16-9-10-21-19(16)22-12-23-20/h9-12,14-15H,1-8H2,(H2,21,22,23,24). The Bertz CT molecular complexity index is 1010. The average molecular weight is 364 g/mol. The molecule has 140 valence electrons. The fourth-order valence-corrected chi connectivity index (χ4v) is 4.48. The van der Waals surface area contributed by atoms with Crippen LogP contribution in [0.3, 0.4) is 0 Å². The Kier molecular flexibility index (Phi) is 4.14. The largest absolute Gasteiger partial charge is 0.367 e. The molecule has 7 nitrogen and oxygen atoms in total. The molecule has 0 unspecified atom stereocenters. The van der Waals surface area contributed by atoms with Gasteiger partial charge in [0.15, 0.2) is 0 Å². The molecule has 0 aliphatic heterocycles. The predicted octanol–water partition coefficient (Wildman–Crippen LogP) is 2.99. The third-order valence-electron chi connectivity index (χ3n) is 5.97. The summed E-state index contributed by atoms with van der Waals surface area (Å²) in [5.74, 6) is 0.883. The molecule has 0 amide bonds. The van der Waals surface area contributed by atoms with Crippen LogP contribution < -0.4 is 10.9 Å². The number of aromatic amines is 1. The van der Waals surface area contributed by atoms with Gasteiger partial charge in [-0.05, 0) is 63.0 Å². The van der Waals surface area contributed by atoms with Gasteiger partial charge in [-0.2, -0.15) is 5.10 Å². The number of hydrogen-bond acceptors (Lipinski definition) is 5. The van der Waals surface area contributed by atoms with Gasteiger partial charge >= 0.3 is 0 Å². The molecule has 7 heteroatoms. The number of H-pyrrole nitrogens is 1. The van der Waals surface area contributed by atoms with Crippen molar-refractivity contribution < 1.29 is 0 Å². The van der Waals surface area contributed by atoms with E-state index < -0.39 is 0 Å². The van der Waals surface area contributed by atoms with Crippen LogP contribution in [0.1, 0.15) is 55.8 Å². The van der Waals surface area contributed by atoms with Crippen molar-refractivity contribution in [1.29, 1.82) is 0 Å². The maximum absolute atomic E-state index is 12.5. The van der Waals surface area contributed by atoms with Crippen LogP contribution in [0.4, 0.5) is 5.82 Å². The monoisotopic (exact) mass is 364 g/mol. The Morgan fingerprint density at radius 3 is 2.85 bits per heavy atom. The zero-order chi connectivity index (χ0) is 18.2. The average Bonchev–Trinajstić information content (AvgIpc) is 3.18. The highest BCUT2D eigenvalue weighted by Gasteiger charge is 2.25. The lowest BCUT2D eigenvalue weighted by molar-refractivity contribution is 0.300. The molecule has 1 saturated carbocycles. The van der Waals surface area contributed by atoms with Crippen LogP contribution in [0.15, 0.2) is 29.5 Å². The van der Waals surface area contributed by atoms with Crippen LogP contribution >= 0.6 is 0 Å². The van der Waals surface area contributed by atoms with E-state index in [0.29, 0.717) is 6.04 Å². The highest BCUT2D eigenvalue weighted by molar-refractivity contribution is 5.86. The Balaban J connectivity index is 1.29. The normalized spacial score (nSPS) is 22.5. The van der Waals surface area contributed by atoms with Crippen molar-refractivity contribution in [2.75, 3.05) is 5.32 Å². The molecule has 0 radical (unpaired) electrons. The van der Waals surface area contributed by atoms with Gasteiger partial charge in [0.25, 0.3) is 5.56 Å². The second-order valence-corrected chi connectivity index (χ2v) is 7.72. The third kappa shape index (κ3) is 3.11. The highest BCUT2D eigenvalue weighted by atomic mass is 16.1. The number of nitrogens with zero attached hydrogens (tertiary/aromatic N) is 4. The van der Waals surface area contributed by atoms with E-state index in [-0.39, 0.29) is 11.6 Å². The van der Waals surface area contributed by atoms with E-state index in [1.54, 1.807) is 11.0 Å². The molecule has 0 aromatic carbocycles. The van der Waals surface area contributed by atoms with E-state index in [0.717, 1.165) is 66.6 Å². The van der Waals surface area contributed by atoms with Gasteiger partial charge in [0.05, 0.1) is 17.1 Å². The number of aromatic nitrogens is 5. The van der Waals surface area contributed by atoms with Gasteiger partial charge in [0.2, 0.25) is 0 Å². The first-order valence-corrected chi connectivity index (χ1v) is 9.94. The number of anilines is 1. The molecule has 27 heavy (non-hydrogen) atoms. The lowest BCUT2D eigenvalue weighted by atomic mass is 9.91. The molecule has 0 bridgehead atoms. The van der Waals surface area contributed by atoms with Crippen LogP contribution in [0, 0.1) is 0 Å². The summed E-state index contributed by atoms with van der Waals surface area (Å²) in [5, 5.41) is 9.33. The fraction of sp³-hybridized carbons (Fsp3) is 0.500.